The molecule has 2 amide bonds. The first-order chi connectivity index (χ1) is 9.47. The first kappa shape index (κ1) is 16.9. The van der Waals surface area contributed by atoms with Crippen molar-refractivity contribution >= 4 is 11.8 Å². The van der Waals surface area contributed by atoms with Gasteiger partial charge in [-0.25, -0.2) is 4.39 Å². The van der Waals surface area contributed by atoms with E-state index in [1.54, 1.807) is 0 Å². The van der Waals surface area contributed by atoms with Crippen LogP contribution in [0.1, 0.15) is 29.8 Å². The Morgan fingerprint density at radius 1 is 1.24 bits per heavy atom. The summed E-state index contributed by atoms with van der Waals surface area (Å²) in [5, 5.41) is 2.19. The van der Waals surface area contributed by atoms with E-state index in [0.29, 0.717) is 6.07 Å². The summed E-state index contributed by atoms with van der Waals surface area (Å²) in [5.41, 5.74) is 1.72. The van der Waals surface area contributed by atoms with Gasteiger partial charge in [0.05, 0.1) is 16.5 Å². The van der Waals surface area contributed by atoms with Gasteiger partial charge in [0.2, 0.25) is 5.91 Å². The van der Waals surface area contributed by atoms with Gasteiger partial charge in [0.1, 0.15) is 5.82 Å². The van der Waals surface area contributed by atoms with Crippen molar-refractivity contribution in [2.75, 3.05) is 6.54 Å². The first-order valence-electron chi connectivity index (χ1n) is 5.90. The summed E-state index contributed by atoms with van der Waals surface area (Å²) in [4.78, 5) is 22.8. The molecule has 0 radical (unpaired) electrons. The number of alkyl halides is 3. The average molecular weight is 306 g/mol. The van der Waals surface area contributed by atoms with Crippen molar-refractivity contribution < 1.29 is 27.2 Å². The molecule has 0 heterocycles. The highest BCUT2D eigenvalue weighted by atomic mass is 19.4. The summed E-state index contributed by atoms with van der Waals surface area (Å²) < 4.78 is 51.3. The molecule has 0 unspecified atom stereocenters. The van der Waals surface area contributed by atoms with Gasteiger partial charge in [-0.15, -0.1) is 0 Å². The summed E-state index contributed by atoms with van der Waals surface area (Å²) in [6.07, 6.45) is -4.90. The van der Waals surface area contributed by atoms with Crippen LogP contribution in [0.5, 0.6) is 0 Å². The van der Waals surface area contributed by atoms with Crippen LogP contribution in [0, 0.1) is 11.2 Å². The molecule has 0 aromatic heterocycles. The molecular formula is C13H14F4N2O2. The van der Waals surface area contributed by atoms with Crippen LogP contribution >= 0.6 is 0 Å². The Bertz CT molecular complexity index is 568. The third-order valence-electron chi connectivity index (χ3n) is 2.91. The van der Waals surface area contributed by atoms with Crippen molar-refractivity contribution in [3.8, 4) is 0 Å². The standard InChI is InChI=1S/C13H14F4N2O2/c1-12(2,11(18)21)6-19-10(20)7-4-3-5-8(9(7)14)13(15,16)17/h3-5H,6H2,1-2H3,(H2,18,21)(H,19,20). The van der Waals surface area contributed by atoms with E-state index in [2.05, 4.69) is 5.32 Å². The van der Waals surface area contributed by atoms with Crippen LogP contribution in [0.2, 0.25) is 0 Å². The number of hydrogen-bond acceptors (Lipinski definition) is 2. The Hall–Kier alpha value is -2.12. The molecule has 1 aromatic carbocycles. The molecule has 0 aliphatic heterocycles. The Morgan fingerprint density at radius 3 is 2.29 bits per heavy atom. The number of primary amides is 1. The molecule has 0 saturated carbocycles. The normalized spacial score (nSPS) is 12.1. The zero-order valence-electron chi connectivity index (χ0n) is 11.3. The van der Waals surface area contributed by atoms with Crippen molar-refractivity contribution in [2.24, 2.45) is 11.1 Å². The maximum atomic E-state index is 13.7. The molecule has 0 saturated heterocycles. The van der Waals surface area contributed by atoms with Crippen molar-refractivity contribution in [1.82, 2.24) is 5.32 Å². The van der Waals surface area contributed by atoms with Gasteiger partial charge in [-0.3, -0.25) is 9.59 Å². The fraction of sp³-hybridized carbons (Fsp3) is 0.385. The van der Waals surface area contributed by atoms with E-state index in [4.69, 9.17) is 5.73 Å². The fourth-order valence-corrected chi connectivity index (χ4v) is 1.41. The van der Waals surface area contributed by atoms with Crippen LogP contribution in [0.15, 0.2) is 18.2 Å². The summed E-state index contributed by atoms with van der Waals surface area (Å²) in [7, 11) is 0. The van der Waals surface area contributed by atoms with Crippen molar-refractivity contribution in [1.29, 1.82) is 0 Å². The Morgan fingerprint density at radius 2 is 1.81 bits per heavy atom. The summed E-state index contributed by atoms with van der Waals surface area (Å²) in [6.45, 7) is 2.66. The molecule has 0 atom stereocenters. The quantitative estimate of drug-likeness (QED) is 0.836. The van der Waals surface area contributed by atoms with Gasteiger partial charge in [0.15, 0.2) is 0 Å². The number of hydrogen-bond donors (Lipinski definition) is 2. The van der Waals surface area contributed by atoms with Gasteiger partial charge in [-0.05, 0) is 26.0 Å². The predicted octanol–water partition coefficient (Wildman–Crippen LogP) is 2.09. The largest absolute Gasteiger partial charge is 0.419 e. The predicted molar refractivity (Wildman–Crippen MR) is 66.7 cm³/mol. The molecule has 0 aliphatic rings. The maximum absolute atomic E-state index is 13.7. The molecule has 21 heavy (non-hydrogen) atoms. The number of rotatable bonds is 4. The molecule has 3 N–H and O–H groups in total. The van der Waals surface area contributed by atoms with Crippen molar-refractivity contribution in [3.05, 3.63) is 35.1 Å². The molecule has 0 spiro atoms. The number of benzene rings is 1. The molecule has 0 aliphatic carbocycles. The molecule has 8 heteroatoms. The van der Waals surface area contributed by atoms with E-state index in [-0.39, 0.29) is 6.54 Å². The minimum Gasteiger partial charge on any atom is -0.369 e. The topological polar surface area (TPSA) is 72.2 Å². The number of carbonyl (C=O) groups excluding carboxylic acids is 2. The molecule has 0 fully saturated rings. The van der Waals surface area contributed by atoms with Crippen LogP contribution in [0.25, 0.3) is 0 Å². The molecule has 0 bridgehead atoms. The van der Waals surface area contributed by atoms with Crippen LogP contribution < -0.4 is 11.1 Å². The second kappa shape index (κ2) is 5.71. The summed E-state index contributed by atoms with van der Waals surface area (Å²) in [6, 6.07) is 2.40. The minimum absolute atomic E-state index is 0.225. The third kappa shape index (κ3) is 3.93. The summed E-state index contributed by atoms with van der Waals surface area (Å²) >= 11 is 0. The lowest BCUT2D eigenvalue weighted by Crippen LogP contribution is -2.42. The third-order valence-corrected chi connectivity index (χ3v) is 2.91. The zero-order chi connectivity index (χ0) is 16.4. The molecule has 1 rings (SSSR count). The van der Waals surface area contributed by atoms with Gasteiger partial charge in [-0.2, -0.15) is 13.2 Å². The van der Waals surface area contributed by atoms with Gasteiger partial charge >= 0.3 is 6.18 Å². The number of amides is 2. The first-order valence-corrected chi connectivity index (χ1v) is 5.90. The SMILES string of the molecule is CC(C)(CNC(=O)c1cccc(C(F)(F)F)c1F)C(N)=O. The van der Waals surface area contributed by atoms with E-state index in [0.717, 1.165) is 12.1 Å². The van der Waals surface area contributed by atoms with Crippen molar-refractivity contribution in [3.63, 3.8) is 0 Å². The number of carbonyl (C=O) groups is 2. The lowest BCUT2D eigenvalue weighted by Gasteiger charge is -2.21. The summed E-state index contributed by atoms with van der Waals surface area (Å²) in [5.74, 6) is -3.40. The van der Waals surface area contributed by atoms with E-state index in [1.165, 1.54) is 13.8 Å². The molecular weight excluding hydrogens is 292 g/mol. The van der Waals surface area contributed by atoms with Gasteiger partial charge in [0, 0.05) is 6.54 Å². The smallest absolute Gasteiger partial charge is 0.369 e. The monoisotopic (exact) mass is 306 g/mol. The van der Waals surface area contributed by atoms with Gasteiger partial charge < -0.3 is 11.1 Å². The molecule has 4 nitrogen and oxygen atoms in total. The molecule has 1 aromatic rings. The number of halogens is 4. The lowest BCUT2D eigenvalue weighted by molar-refractivity contribution is -0.140. The van der Waals surface area contributed by atoms with E-state index >= 15 is 0 Å². The average Bonchev–Trinajstić information content (AvgIpc) is 2.34. The van der Waals surface area contributed by atoms with Crippen LogP contribution in [-0.2, 0) is 11.0 Å². The lowest BCUT2D eigenvalue weighted by atomic mass is 9.92. The van der Waals surface area contributed by atoms with Gasteiger partial charge in [0.25, 0.3) is 5.91 Å². The van der Waals surface area contributed by atoms with Crippen LogP contribution in [-0.4, -0.2) is 18.4 Å². The van der Waals surface area contributed by atoms with Gasteiger partial charge in [-0.1, -0.05) is 6.07 Å². The second-order valence-corrected chi connectivity index (χ2v) is 5.10. The van der Waals surface area contributed by atoms with E-state index in [9.17, 15) is 27.2 Å². The number of nitrogens with two attached hydrogens (primary N) is 1. The van der Waals surface area contributed by atoms with E-state index < -0.39 is 40.3 Å². The second-order valence-electron chi connectivity index (χ2n) is 5.10. The van der Waals surface area contributed by atoms with Crippen LogP contribution in [0.4, 0.5) is 17.6 Å². The highest BCUT2D eigenvalue weighted by Gasteiger charge is 2.36. The van der Waals surface area contributed by atoms with E-state index in [1.807, 2.05) is 0 Å². The minimum atomic E-state index is -4.90. The van der Waals surface area contributed by atoms with Crippen LogP contribution in [0.3, 0.4) is 0 Å². The number of nitrogens with one attached hydrogen (secondary N) is 1. The van der Waals surface area contributed by atoms with Crippen molar-refractivity contribution in [2.45, 2.75) is 20.0 Å². The maximum Gasteiger partial charge on any atom is 0.419 e. The highest BCUT2D eigenvalue weighted by Crippen LogP contribution is 2.32. The molecule has 116 valence electrons. The Labute approximate surface area is 118 Å². The fourth-order valence-electron chi connectivity index (χ4n) is 1.41. The Balaban J connectivity index is 2.97. The Kier molecular flexibility index (Phi) is 4.60. The highest BCUT2D eigenvalue weighted by molar-refractivity contribution is 5.95. The zero-order valence-corrected chi connectivity index (χ0v) is 11.3.